The molecule has 0 unspecified atom stereocenters. The molecule has 0 saturated carbocycles. The Morgan fingerprint density at radius 1 is 0.893 bits per heavy atom. The lowest BCUT2D eigenvalue weighted by Gasteiger charge is -2.23. The van der Waals surface area contributed by atoms with Crippen LogP contribution in [0.15, 0.2) is 0 Å². The fourth-order valence-corrected chi connectivity index (χ4v) is 1.73. The van der Waals surface area contributed by atoms with Crippen molar-refractivity contribution >= 4 is 19.9 Å². The van der Waals surface area contributed by atoms with E-state index >= 15 is 0 Å². The van der Waals surface area contributed by atoms with Crippen LogP contribution in [0.1, 0.15) is 0 Å². The Morgan fingerprint density at radius 2 is 1.39 bits per heavy atom. The van der Waals surface area contributed by atoms with Crippen LogP contribution in [0.5, 0.6) is 0 Å². The minimum Gasteiger partial charge on any atom is -0.394 e. The second-order valence-corrected chi connectivity index (χ2v) is 6.51. The smallest absolute Gasteiger partial charge is 0.394 e. The summed E-state index contributed by atoms with van der Waals surface area (Å²) < 4.78 is 14.1. The van der Waals surface area contributed by atoms with Crippen LogP contribution in [-0.4, -0.2) is 130 Å². The molecule has 0 aliphatic carbocycles. The predicted molar refractivity (Wildman–Crippen MR) is 85.3 cm³/mol. The van der Waals surface area contributed by atoms with E-state index < -0.39 is 76.2 Å². The second kappa shape index (κ2) is 14.1. The van der Waals surface area contributed by atoms with Crippen molar-refractivity contribution in [1.29, 1.82) is 0 Å². The maximum atomic E-state index is 10.5. The Bertz CT molecular complexity index is 495. The van der Waals surface area contributed by atoms with E-state index in [1.54, 1.807) is 0 Å². The van der Waals surface area contributed by atoms with Gasteiger partial charge in [-0.05, 0) is 0 Å². The van der Waals surface area contributed by atoms with Gasteiger partial charge in [-0.15, -0.1) is 0 Å². The first kappa shape index (κ1) is 29.3. The quantitative estimate of drug-likeness (QED) is 0.0993. The molecular formula is C12H25O15P. The third kappa shape index (κ3) is 11.8. The highest BCUT2D eigenvalue weighted by Crippen LogP contribution is 2.35. The lowest BCUT2D eigenvalue weighted by atomic mass is 10.0. The van der Waals surface area contributed by atoms with Gasteiger partial charge in [0.15, 0.2) is 12.1 Å². The van der Waals surface area contributed by atoms with Gasteiger partial charge in [0.2, 0.25) is 0 Å². The maximum Gasteiger partial charge on any atom is 0.469 e. The van der Waals surface area contributed by atoms with Crippen LogP contribution in [0, 0.1) is 0 Å². The first-order valence-electron chi connectivity index (χ1n) is 7.39. The van der Waals surface area contributed by atoms with E-state index in [9.17, 15) is 14.2 Å². The van der Waals surface area contributed by atoms with Crippen LogP contribution < -0.4 is 0 Å². The molecule has 0 aliphatic rings. The van der Waals surface area contributed by atoms with E-state index in [1.165, 1.54) is 0 Å². The molecule has 16 heteroatoms. The van der Waals surface area contributed by atoms with Crippen LogP contribution in [-0.2, 0) is 18.7 Å². The van der Waals surface area contributed by atoms with Crippen molar-refractivity contribution in [2.24, 2.45) is 0 Å². The van der Waals surface area contributed by atoms with Crippen molar-refractivity contribution in [3.8, 4) is 0 Å². The molecule has 0 heterocycles. The van der Waals surface area contributed by atoms with Crippen molar-refractivity contribution in [2.45, 2.75) is 42.7 Å². The molecule has 0 aliphatic heterocycles. The normalized spacial score (nSPS) is 19.2. The van der Waals surface area contributed by atoms with Gasteiger partial charge in [-0.2, -0.15) is 0 Å². The Hall–Kier alpha value is -0.910. The van der Waals surface area contributed by atoms with E-state index in [-0.39, 0.29) is 6.29 Å². The second-order valence-electron chi connectivity index (χ2n) is 5.27. The molecule has 0 aromatic carbocycles. The van der Waals surface area contributed by atoms with E-state index in [0.29, 0.717) is 0 Å². The number of hydrogen-bond acceptors (Lipinski definition) is 13. The maximum absolute atomic E-state index is 10.5. The summed E-state index contributed by atoms with van der Waals surface area (Å²) >= 11 is 0. The summed E-state index contributed by atoms with van der Waals surface area (Å²) in [6.45, 7) is -2.65. The molecule has 0 bridgehead atoms. The molecule has 7 atom stereocenters. The van der Waals surface area contributed by atoms with Crippen LogP contribution in [0.4, 0.5) is 0 Å². The average Bonchev–Trinajstić information content (AvgIpc) is 2.67. The zero-order valence-electron chi connectivity index (χ0n) is 14.2. The monoisotopic (exact) mass is 440 g/mol. The number of aliphatic hydroxyl groups excluding tert-OH is 9. The topological polar surface area (TPSA) is 283 Å². The van der Waals surface area contributed by atoms with Gasteiger partial charge in [-0.3, -0.25) is 9.32 Å². The van der Waals surface area contributed by atoms with E-state index in [2.05, 4.69) is 4.52 Å². The minimum atomic E-state index is -4.80. The number of hydrogen-bond donors (Lipinski definition) is 11. The molecule has 0 aromatic heterocycles. The first-order chi connectivity index (χ1) is 12.7. The van der Waals surface area contributed by atoms with Gasteiger partial charge in [0.1, 0.15) is 49.3 Å². The summed E-state index contributed by atoms with van der Waals surface area (Å²) in [7, 11) is -4.80. The van der Waals surface area contributed by atoms with Crippen LogP contribution >= 0.6 is 7.82 Å². The van der Waals surface area contributed by atoms with Crippen molar-refractivity contribution in [3.63, 3.8) is 0 Å². The zero-order chi connectivity index (χ0) is 22.7. The summed E-state index contributed by atoms with van der Waals surface area (Å²) in [5.41, 5.74) is 0. The van der Waals surface area contributed by atoms with Crippen LogP contribution in [0.2, 0.25) is 0 Å². The molecule has 168 valence electrons. The van der Waals surface area contributed by atoms with Gasteiger partial charge in [-0.1, -0.05) is 0 Å². The highest BCUT2D eigenvalue weighted by Gasteiger charge is 2.31. The molecule has 0 fully saturated rings. The fraction of sp³-hybridized carbons (Fsp3) is 0.833. The molecule has 0 spiro atoms. The van der Waals surface area contributed by atoms with Crippen molar-refractivity contribution in [2.75, 3.05) is 19.8 Å². The van der Waals surface area contributed by atoms with Gasteiger partial charge in [0.05, 0.1) is 13.2 Å². The molecule has 0 aromatic rings. The molecule has 0 radical (unpaired) electrons. The van der Waals surface area contributed by atoms with E-state index in [0.717, 1.165) is 0 Å². The molecule has 11 N–H and O–H groups in total. The summed E-state index contributed by atoms with van der Waals surface area (Å²) in [4.78, 5) is 37.1. The largest absolute Gasteiger partial charge is 0.469 e. The van der Waals surface area contributed by atoms with Crippen LogP contribution in [0.25, 0.3) is 0 Å². The number of carbonyl (C=O) groups is 2. The molecule has 0 rings (SSSR count). The number of phosphoric ester groups is 1. The first-order valence-corrected chi connectivity index (χ1v) is 8.92. The minimum absolute atomic E-state index is 0.0650. The third-order valence-electron chi connectivity index (χ3n) is 3.04. The highest BCUT2D eigenvalue weighted by atomic mass is 31.2. The number of phosphoric acid groups is 1. The van der Waals surface area contributed by atoms with Gasteiger partial charge in [0, 0.05) is 0 Å². The lowest BCUT2D eigenvalue weighted by Crippen LogP contribution is -2.46. The van der Waals surface area contributed by atoms with E-state index in [1.807, 2.05) is 0 Å². The van der Waals surface area contributed by atoms with Crippen LogP contribution in [0.3, 0.4) is 0 Å². The number of aldehydes is 1. The molecule has 28 heavy (non-hydrogen) atoms. The summed E-state index contributed by atoms with van der Waals surface area (Å²) in [5, 5.41) is 79.1. The zero-order valence-corrected chi connectivity index (χ0v) is 15.1. The van der Waals surface area contributed by atoms with Crippen molar-refractivity contribution in [1.82, 2.24) is 0 Å². The van der Waals surface area contributed by atoms with Gasteiger partial charge in [0.25, 0.3) is 0 Å². The number of Topliss-reactive ketones (excluding diaryl/α,β-unsaturated/α-hetero) is 1. The summed E-state index contributed by atoms with van der Waals surface area (Å²) in [5.74, 6) is -1.00. The Balaban J connectivity index is 0. The third-order valence-corrected chi connectivity index (χ3v) is 3.52. The Morgan fingerprint density at radius 3 is 1.75 bits per heavy atom. The number of carbonyl (C=O) groups excluding carboxylic acids is 2. The van der Waals surface area contributed by atoms with Crippen molar-refractivity contribution in [3.05, 3.63) is 0 Å². The van der Waals surface area contributed by atoms with Gasteiger partial charge < -0.3 is 60.5 Å². The van der Waals surface area contributed by atoms with Crippen molar-refractivity contribution < 1.29 is 74.4 Å². The summed E-state index contributed by atoms with van der Waals surface area (Å²) in [6, 6.07) is 0. The van der Waals surface area contributed by atoms with Gasteiger partial charge in [-0.25, -0.2) is 4.57 Å². The standard InChI is InChI=1S/C6H13O9P.C6H12O6/c7-1-3(8)5(10)6(11)4(9)2-15-16(12,13)14;7-1-3(9)5(11)6(12)4(10)2-8/h1,3-6,8-11H,2H2,(H2,12,13,14);3,5-9,11-12H,1-2H2/t3-,4+,5+,6+;3-,5-,6-/m01/s1. The molecule has 15 nitrogen and oxygen atoms in total. The summed E-state index contributed by atoms with van der Waals surface area (Å²) in [6.07, 6.45) is -13.0. The number of aliphatic hydroxyl groups is 9. The SMILES string of the molecule is O=C(CO)[C@@H](O)[C@H](O)[C@H](O)CO.O=C[C@H](O)[C@@H](O)[C@H](O)[C@H](O)COP(=O)(O)O. The van der Waals surface area contributed by atoms with E-state index in [4.69, 9.17) is 55.7 Å². The molecule has 0 amide bonds. The number of rotatable bonds is 12. The predicted octanol–water partition coefficient (Wildman–Crippen LogP) is -6.64. The highest BCUT2D eigenvalue weighted by molar-refractivity contribution is 7.46. The fourth-order valence-electron chi connectivity index (χ4n) is 1.38. The average molecular weight is 440 g/mol. The molecular weight excluding hydrogens is 415 g/mol. The Labute approximate surface area is 157 Å². The molecule has 0 saturated heterocycles. The number of ketones is 1. The van der Waals surface area contributed by atoms with Gasteiger partial charge >= 0.3 is 7.82 Å². The Kier molecular flexibility index (Phi) is 14.8. The lowest BCUT2D eigenvalue weighted by molar-refractivity contribution is -0.142.